The molecule has 1 heterocycles. The molecule has 2 aliphatic rings. The number of guanidine groups is 1. The highest BCUT2D eigenvalue weighted by atomic mass is 35.5. The van der Waals surface area contributed by atoms with Crippen LogP contribution in [0.5, 0.6) is 5.75 Å². The third-order valence-corrected chi connectivity index (χ3v) is 5.59. The zero-order chi connectivity index (χ0) is 28.5. The third kappa shape index (κ3) is 18.6. The maximum atomic E-state index is 13.4. The summed E-state index contributed by atoms with van der Waals surface area (Å²) in [5, 5.41) is 2.64. The van der Waals surface area contributed by atoms with Crippen molar-refractivity contribution in [1.29, 1.82) is 0 Å². The number of aryl methyl sites for hydroxylation is 1. The number of aliphatic imine (C=N–C) groups is 1. The Labute approximate surface area is 230 Å². The number of allylic oxidation sites excluding steroid dienone is 1. The van der Waals surface area contributed by atoms with Gasteiger partial charge >= 0.3 is 0 Å². The molecule has 0 atom stereocenters. The molecule has 1 saturated carbocycles. The Hall–Kier alpha value is -2.28. The number of nitrogens with zero attached hydrogens (tertiary/aromatic N) is 2. The Balaban J connectivity index is 0. The summed E-state index contributed by atoms with van der Waals surface area (Å²) in [6.07, 6.45) is 13.9. The van der Waals surface area contributed by atoms with Gasteiger partial charge in [0.2, 0.25) is 6.41 Å². The summed E-state index contributed by atoms with van der Waals surface area (Å²) in [6.45, 7) is 14.3. The third-order valence-electron chi connectivity index (χ3n) is 5.59. The molecule has 1 saturated heterocycles. The average molecular weight is 543 g/mol. The van der Waals surface area contributed by atoms with E-state index in [4.69, 9.17) is 10.5 Å². The van der Waals surface area contributed by atoms with E-state index in [0.717, 1.165) is 51.1 Å². The Bertz CT molecular complexity index is 735. The summed E-state index contributed by atoms with van der Waals surface area (Å²) in [7, 11) is 0. The second-order valence-corrected chi connectivity index (χ2v) is 8.21. The molecule has 6 nitrogen and oxygen atoms in total. The average Bonchev–Trinajstić information content (AvgIpc) is 3.78. The minimum atomic E-state index is -0.207. The van der Waals surface area contributed by atoms with Crippen molar-refractivity contribution in [2.45, 2.75) is 92.5 Å². The SMILES string of the molecule is C/C=C\N=C(N)N1CCC(CCCCOc2ccc(C)c(F)c2)CC1.CC.CC.CCl.O=CNC1CC1. The van der Waals surface area contributed by atoms with Crippen molar-refractivity contribution >= 4 is 24.0 Å². The smallest absolute Gasteiger partial charge is 0.207 e. The predicted molar refractivity (Wildman–Crippen MR) is 158 cm³/mol. The molecular weight excluding hydrogens is 491 g/mol. The molecule has 2 fully saturated rings. The number of likely N-dealkylation sites (tertiary alicyclic amines) is 1. The lowest BCUT2D eigenvalue weighted by Gasteiger charge is -2.32. The number of hydrogen-bond acceptors (Lipinski definition) is 3. The maximum absolute atomic E-state index is 13.4. The topological polar surface area (TPSA) is 79.9 Å². The van der Waals surface area contributed by atoms with Crippen LogP contribution < -0.4 is 15.8 Å². The first kappa shape index (κ1) is 36.9. The normalized spacial score (nSPS) is 14.9. The maximum Gasteiger partial charge on any atom is 0.207 e. The molecule has 37 heavy (non-hydrogen) atoms. The monoisotopic (exact) mass is 542 g/mol. The van der Waals surface area contributed by atoms with Gasteiger partial charge in [0.15, 0.2) is 5.96 Å². The Morgan fingerprint density at radius 1 is 1.16 bits per heavy atom. The fourth-order valence-electron chi connectivity index (χ4n) is 3.42. The number of amides is 1. The van der Waals surface area contributed by atoms with Gasteiger partial charge in [0.1, 0.15) is 11.6 Å². The first-order chi connectivity index (χ1) is 18.0. The van der Waals surface area contributed by atoms with Crippen LogP contribution in [0.15, 0.2) is 35.5 Å². The van der Waals surface area contributed by atoms with E-state index in [1.54, 1.807) is 19.2 Å². The van der Waals surface area contributed by atoms with Crippen LogP contribution in [-0.2, 0) is 4.79 Å². The van der Waals surface area contributed by atoms with Crippen molar-refractivity contribution < 1.29 is 13.9 Å². The molecule has 214 valence electrons. The van der Waals surface area contributed by atoms with Gasteiger partial charge in [-0.05, 0) is 69.9 Å². The number of hydrogen-bond donors (Lipinski definition) is 2. The Morgan fingerprint density at radius 3 is 2.27 bits per heavy atom. The molecule has 0 radical (unpaired) electrons. The molecule has 0 unspecified atom stereocenters. The highest BCUT2D eigenvalue weighted by Crippen LogP contribution is 2.23. The molecular formula is C29H52ClFN4O2. The van der Waals surface area contributed by atoms with E-state index in [1.165, 1.54) is 31.7 Å². The quantitative estimate of drug-likeness (QED) is 0.115. The number of nitrogens with one attached hydrogen (secondary N) is 1. The van der Waals surface area contributed by atoms with Gasteiger partial charge in [-0.1, -0.05) is 46.3 Å². The number of rotatable bonds is 9. The second-order valence-electron chi connectivity index (χ2n) is 8.21. The standard InChI is InChI=1S/C20H30FN3O.C4H7NO.2C2H6.CH3Cl/c1-3-11-23-20(22)24-12-9-17(10-13-24)6-4-5-14-25-18-8-7-16(2)19(21)15-18;6-3-5-4-1-2-4;3*1-2/h3,7-8,11,15,17H,4-6,9-10,12-14H2,1-2H3,(H2,22,23);3-4H,1-2H2,(H,5,6);2*1-2H3;1H3/b11-3-;;;;. The summed E-state index contributed by atoms with van der Waals surface area (Å²) in [5.41, 5.74) is 6.62. The molecule has 1 amide bonds. The molecule has 8 heteroatoms. The van der Waals surface area contributed by atoms with Crippen LogP contribution in [-0.4, -0.2) is 49.4 Å². The van der Waals surface area contributed by atoms with Crippen LogP contribution in [0.1, 0.15) is 85.1 Å². The van der Waals surface area contributed by atoms with Crippen molar-refractivity contribution in [3.63, 3.8) is 0 Å². The number of halogens is 2. The minimum absolute atomic E-state index is 0.207. The van der Waals surface area contributed by atoms with E-state index in [9.17, 15) is 9.18 Å². The van der Waals surface area contributed by atoms with Gasteiger partial charge in [-0.15, -0.1) is 11.6 Å². The van der Waals surface area contributed by atoms with Crippen LogP contribution >= 0.6 is 11.6 Å². The fourth-order valence-corrected chi connectivity index (χ4v) is 3.42. The van der Waals surface area contributed by atoms with Crippen molar-refractivity contribution in [1.82, 2.24) is 10.2 Å². The van der Waals surface area contributed by atoms with Gasteiger partial charge in [0.05, 0.1) is 6.61 Å². The lowest BCUT2D eigenvalue weighted by Crippen LogP contribution is -2.42. The lowest BCUT2D eigenvalue weighted by atomic mass is 9.92. The number of alkyl halides is 1. The summed E-state index contributed by atoms with van der Waals surface area (Å²) in [4.78, 5) is 15.9. The summed E-state index contributed by atoms with van der Waals surface area (Å²) >= 11 is 4.64. The molecule has 3 N–H and O–H groups in total. The van der Waals surface area contributed by atoms with Gasteiger partial charge in [-0.25, -0.2) is 9.38 Å². The van der Waals surface area contributed by atoms with E-state index >= 15 is 0 Å². The fraction of sp³-hybridized carbons (Fsp3) is 0.655. The van der Waals surface area contributed by atoms with Gasteiger partial charge in [0, 0.05) is 37.8 Å². The van der Waals surface area contributed by atoms with Crippen molar-refractivity contribution in [2.75, 3.05) is 26.1 Å². The Kier molecular flexibility index (Phi) is 25.3. The molecule has 0 bridgehead atoms. The van der Waals surface area contributed by atoms with Crippen LogP contribution in [0.2, 0.25) is 0 Å². The zero-order valence-electron chi connectivity index (χ0n) is 24.2. The van der Waals surface area contributed by atoms with Gasteiger partial charge in [-0.2, -0.15) is 0 Å². The zero-order valence-corrected chi connectivity index (χ0v) is 25.0. The molecule has 1 aliphatic carbocycles. The van der Waals surface area contributed by atoms with E-state index in [1.807, 2.05) is 46.8 Å². The summed E-state index contributed by atoms with van der Waals surface area (Å²) in [5.74, 6) is 1.78. The first-order valence-corrected chi connectivity index (χ1v) is 14.4. The first-order valence-electron chi connectivity index (χ1n) is 13.7. The van der Waals surface area contributed by atoms with Crippen molar-refractivity contribution in [3.05, 3.63) is 41.9 Å². The van der Waals surface area contributed by atoms with Crippen LogP contribution in [0.3, 0.4) is 0 Å². The number of nitrogens with two attached hydrogens (primary N) is 1. The number of ether oxygens (including phenoxy) is 1. The summed E-state index contributed by atoms with van der Waals surface area (Å²) in [6, 6.07) is 5.57. The van der Waals surface area contributed by atoms with E-state index < -0.39 is 0 Å². The number of carbonyl (C=O) groups excluding carboxylic acids is 1. The molecule has 1 aromatic rings. The van der Waals surface area contributed by atoms with Gasteiger partial charge in [-0.3, -0.25) is 4.79 Å². The number of piperidine rings is 1. The van der Waals surface area contributed by atoms with Crippen molar-refractivity contribution in [2.24, 2.45) is 16.6 Å². The van der Waals surface area contributed by atoms with E-state index in [-0.39, 0.29) is 5.82 Å². The minimum Gasteiger partial charge on any atom is -0.493 e. The van der Waals surface area contributed by atoms with Crippen LogP contribution in [0.4, 0.5) is 4.39 Å². The van der Waals surface area contributed by atoms with Crippen LogP contribution in [0.25, 0.3) is 0 Å². The number of carbonyl (C=O) groups is 1. The summed E-state index contributed by atoms with van der Waals surface area (Å²) < 4.78 is 19.1. The lowest BCUT2D eigenvalue weighted by molar-refractivity contribution is -0.109. The van der Waals surface area contributed by atoms with Crippen LogP contribution in [0, 0.1) is 18.7 Å². The predicted octanol–water partition coefficient (Wildman–Crippen LogP) is 7.05. The van der Waals surface area contributed by atoms with E-state index in [2.05, 4.69) is 26.8 Å². The molecule has 1 aromatic carbocycles. The van der Waals surface area contributed by atoms with Gasteiger partial charge in [0.25, 0.3) is 0 Å². The van der Waals surface area contributed by atoms with E-state index in [0.29, 0.717) is 29.9 Å². The molecule has 0 spiro atoms. The van der Waals surface area contributed by atoms with Gasteiger partial charge < -0.3 is 20.7 Å². The van der Waals surface area contributed by atoms with Crippen molar-refractivity contribution in [3.8, 4) is 5.75 Å². The molecule has 1 aliphatic heterocycles. The second kappa shape index (κ2) is 25.4. The Morgan fingerprint density at radius 2 is 1.78 bits per heavy atom. The molecule has 3 rings (SSSR count). The largest absolute Gasteiger partial charge is 0.493 e. The molecule has 0 aromatic heterocycles. The number of unbranched alkanes of at least 4 members (excludes halogenated alkanes) is 1. The highest BCUT2D eigenvalue weighted by Gasteiger charge is 2.20. The number of benzene rings is 1. The highest BCUT2D eigenvalue weighted by molar-refractivity contribution is 6.15.